The summed E-state index contributed by atoms with van der Waals surface area (Å²) in [5.74, 6) is 0.111. The highest BCUT2D eigenvalue weighted by molar-refractivity contribution is 5.94. The maximum absolute atomic E-state index is 11.3. The van der Waals surface area contributed by atoms with Crippen molar-refractivity contribution in [1.82, 2.24) is 5.32 Å². The molecule has 1 N–H and O–H groups in total. The fourth-order valence-electron chi connectivity index (χ4n) is 1.85. The van der Waals surface area contributed by atoms with Gasteiger partial charge in [-0.15, -0.1) is 0 Å². The normalized spacial score (nSPS) is 10.3. The van der Waals surface area contributed by atoms with Crippen LogP contribution in [-0.2, 0) is 13.1 Å². The minimum absolute atomic E-state index is 0.111. The van der Waals surface area contributed by atoms with Crippen LogP contribution < -0.4 is 5.32 Å². The van der Waals surface area contributed by atoms with E-state index in [1.165, 1.54) is 5.56 Å². The average Bonchev–Trinajstić information content (AvgIpc) is 2.40. The quantitative estimate of drug-likeness (QED) is 0.812. The molecule has 0 saturated carbocycles. The minimum Gasteiger partial charge on any atom is -0.309 e. The van der Waals surface area contributed by atoms with Gasteiger partial charge in [-0.3, -0.25) is 4.79 Å². The van der Waals surface area contributed by atoms with Gasteiger partial charge in [0.1, 0.15) is 0 Å². The van der Waals surface area contributed by atoms with Crippen molar-refractivity contribution < 1.29 is 4.79 Å². The molecule has 0 heterocycles. The topological polar surface area (TPSA) is 29.1 Å². The molecule has 2 nitrogen and oxygen atoms in total. The molecule has 0 spiro atoms. The first-order valence-corrected chi connectivity index (χ1v) is 6.10. The van der Waals surface area contributed by atoms with Crippen LogP contribution >= 0.6 is 0 Å². The van der Waals surface area contributed by atoms with Crippen molar-refractivity contribution in [3.05, 3.63) is 71.3 Å². The molecule has 2 rings (SSSR count). The summed E-state index contributed by atoms with van der Waals surface area (Å²) in [5, 5.41) is 3.37. The zero-order valence-electron chi connectivity index (χ0n) is 10.5. The van der Waals surface area contributed by atoms with E-state index in [9.17, 15) is 4.79 Å². The Labute approximate surface area is 108 Å². The van der Waals surface area contributed by atoms with Crippen LogP contribution in [-0.4, -0.2) is 5.78 Å². The van der Waals surface area contributed by atoms with Crippen molar-refractivity contribution >= 4 is 5.78 Å². The maximum Gasteiger partial charge on any atom is 0.159 e. The summed E-state index contributed by atoms with van der Waals surface area (Å²) in [6.45, 7) is 3.21. The lowest BCUT2D eigenvalue weighted by molar-refractivity contribution is 0.101. The summed E-state index contributed by atoms with van der Waals surface area (Å²) in [4.78, 5) is 11.3. The van der Waals surface area contributed by atoms with Crippen molar-refractivity contribution in [2.75, 3.05) is 0 Å². The molecule has 0 amide bonds. The van der Waals surface area contributed by atoms with Crippen LogP contribution in [0.5, 0.6) is 0 Å². The van der Waals surface area contributed by atoms with Crippen LogP contribution in [0, 0.1) is 0 Å². The second-order valence-corrected chi connectivity index (χ2v) is 4.35. The molecule has 0 bridgehead atoms. The monoisotopic (exact) mass is 239 g/mol. The van der Waals surface area contributed by atoms with E-state index in [1.807, 2.05) is 42.5 Å². The number of hydrogen-bond donors (Lipinski definition) is 1. The molecular formula is C16H17NO. The number of Topliss-reactive ketones (excluding diaryl/α,β-unsaturated/α-hetero) is 1. The van der Waals surface area contributed by atoms with Gasteiger partial charge in [0, 0.05) is 18.7 Å². The van der Waals surface area contributed by atoms with Gasteiger partial charge in [-0.05, 0) is 24.1 Å². The number of carbonyl (C=O) groups is 1. The molecule has 2 aromatic carbocycles. The van der Waals surface area contributed by atoms with Crippen LogP contribution in [0.15, 0.2) is 54.6 Å². The smallest absolute Gasteiger partial charge is 0.159 e. The zero-order valence-corrected chi connectivity index (χ0v) is 10.5. The summed E-state index contributed by atoms with van der Waals surface area (Å²) in [6.07, 6.45) is 0. The molecule has 92 valence electrons. The Morgan fingerprint density at radius 3 is 2.33 bits per heavy atom. The van der Waals surface area contributed by atoms with Gasteiger partial charge in [0.05, 0.1) is 0 Å². The molecule has 0 atom stereocenters. The predicted molar refractivity (Wildman–Crippen MR) is 73.4 cm³/mol. The SMILES string of the molecule is CC(=O)c1cccc(CNCc2ccccc2)c1. The van der Waals surface area contributed by atoms with Crippen LogP contribution in [0.2, 0.25) is 0 Å². The van der Waals surface area contributed by atoms with Gasteiger partial charge < -0.3 is 5.32 Å². The first-order chi connectivity index (χ1) is 8.75. The molecule has 18 heavy (non-hydrogen) atoms. The maximum atomic E-state index is 11.3. The van der Waals surface area contributed by atoms with Crippen molar-refractivity contribution in [1.29, 1.82) is 0 Å². The van der Waals surface area contributed by atoms with Gasteiger partial charge in [-0.1, -0.05) is 48.5 Å². The summed E-state index contributed by atoms with van der Waals surface area (Å²) in [7, 11) is 0. The van der Waals surface area contributed by atoms with Gasteiger partial charge in [0.15, 0.2) is 5.78 Å². The number of rotatable bonds is 5. The Bertz CT molecular complexity index is 520. The first-order valence-electron chi connectivity index (χ1n) is 6.10. The van der Waals surface area contributed by atoms with Crippen LogP contribution in [0.1, 0.15) is 28.4 Å². The molecule has 0 aromatic heterocycles. The van der Waals surface area contributed by atoms with E-state index < -0.39 is 0 Å². The number of ketones is 1. The molecule has 0 aliphatic carbocycles. The van der Waals surface area contributed by atoms with Gasteiger partial charge in [0.2, 0.25) is 0 Å². The Hall–Kier alpha value is -1.93. The van der Waals surface area contributed by atoms with E-state index in [4.69, 9.17) is 0 Å². The molecule has 0 unspecified atom stereocenters. The van der Waals surface area contributed by atoms with E-state index in [0.29, 0.717) is 0 Å². The van der Waals surface area contributed by atoms with Gasteiger partial charge in [-0.2, -0.15) is 0 Å². The van der Waals surface area contributed by atoms with Crippen LogP contribution in [0.4, 0.5) is 0 Å². The molecule has 0 radical (unpaired) electrons. The standard InChI is InChI=1S/C16H17NO/c1-13(18)16-9-5-8-15(10-16)12-17-11-14-6-3-2-4-7-14/h2-10,17H,11-12H2,1H3. The zero-order chi connectivity index (χ0) is 12.8. The second kappa shape index (κ2) is 6.12. The molecule has 0 saturated heterocycles. The third-order valence-corrected chi connectivity index (χ3v) is 2.83. The van der Waals surface area contributed by atoms with Crippen molar-refractivity contribution in [2.24, 2.45) is 0 Å². The summed E-state index contributed by atoms with van der Waals surface area (Å²) in [6, 6.07) is 18.0. The van der Waals surface area contributed by atoms with Gasteiger partial charge in [-0.25, -0.2) is 0 Å². The lowest BCUT2D eigenvalue weighted by Crippen LogP contribution is -2.12. The van der Waals surface area contributed by atoms with E-state index in [1.54, 1.807) is 6.92 Å². The lowest BCUT2D eigenvalue weighted by Gasteiger charge is -2.06. The van der Waals surface area contributed by atoms with Gasteiger partial charge in [0.25, 0.3) is 0 Å². The first kappa shape index (κ1) is 12.5. The van der Waals surface area contributed by atoms with Gasteiger partial charge >= 0.3 is 0 Å². The highest BCUT2D eigenvalue weighted by Gasteiger charge is 2.00. The van der Waals surface area contributed by atoms with Crippen molar-refractivity contribution in [3.8, 4) is 0 Å². The third kappa shape index (κ3) is 3.54. The fourth-order valence-corrected chi connectivity index (χ4v) is 1.85. The largest absolute Gasteiger partial charge is 0.309 e. The summed E-state index contributed by atoms with van der Waals surface area (Å²) < 4.78 is 0. The van der Waals surface area contributed by atoms with Crippen LogP contribution in [0.25, 0.3) is 0 Å². The molecule has 0 aliphatic heterocycles. The number of carbonyl (C=O) groups excluding carboxylic acids is 1. The number of nitrogens with one attached hydrogen (secondary N) is 1. The fraction of sp³-hybridized carbons (Fsp3) is 0.188. The second-order valence-electron chi connectivity index (χ2n) is 4.35. The molecular weight excluding hydrogens is 222 g/mol. The Kier molecular flexibility index (Phi) is 4.26. The van der Waals surface area contributed by atoms with E-state index in [2.05, 4.69) is 17.4 Å². The molecule has 2 aromatic rings. The summed E-state index contributed by atoms with van der Waals surface area (Å²) >= 11 is 0. The third-order valence-electron chi connectivity index (χ3n) is 2.83. The minimum atomic E-state index is 0.111. The molecule has 0 fully saturated rings. The van der Waals surface area contributed by atoms with E-state index in [0.717, 1.165) is 24.2 Å². The summed E-state index contributed by atoms with van der Waals surface area (Å²) in [5.41, 5.74) is 3.17. The average molecular weight is 239 g/mol. The van der Waals surface area contributed by atoms with Crippen molar-refractivity contribution in [2.45, 2.75) is 20.0 Å². The Morgan fingerprint density at radius 2 is 1.61 bits per heavy atom. The van der Waals surface area contributed by atoms with Crippen LogP contribution in [0.3, 0.4) is 0 Å². The predicted octanol–water partition coefficient (Wildman–Crippen LogP) is 3.18. The lowest BCUT2D eigenvalue weighted by atomic mass is 10.1. The van der Waals surface area contributed by atoms with Crippen molar-refractivity contribution in [3.63, 3.8) is 0 Å². The highest BCUT2D eigenvalue weighted by atomic mass is 16.1. The van der Waals surface area contributed by atoms with E-state index in [-0.39, 0.29) is 5.78 Å². The molecule has 2 heteroatoms. The number of benzene rings is 2. The molecule has 0 aliphatic rings. The van der Waals surface area contributed by atoms with E-state index >= 15 is 0 Å². The number of hydrogen-bond acceptors (Lipinski definition) is 2. The highest BCUT2D eigenvalue weighted by Crippen LogP contribution is 2.06. The Morgan fingerprint density at radius 1 is 0.944 bits per heavy atom. The Balaban J connectivity index is 1.90.